The molecule has 0 fully saturated rings. The van der Waals surface area contributed by atoms with Gasteiger partial charge in [-0.05, 0) is 24.3 Å². The average Bonchev–Trinajstić information content (AvgIpc) is 2.40. The van der Waals surface area contributed by atoms with Crippen LogP contribution in [0, 0.1) is 0 Å². The highest BCUT2D eigenvalue weighted by molar-refractivity contribution is 7.91. The fraction of sp³-hybridized carbons (Fsp3) is 0.143. The minimum atomic E-state index is -3.34. The minimum absolute atomic E-state index is 0.330. The van der Waals surface area contributed by atoms with E-state index in [1.54, 1.807) is 73.2 Å². The number of hydrogen-bond donors (Lipinski definition) is 0. The molecule has 2 rings (SSSR count). The summed E-state index contributed by atoms with van der Waals surface area (Å²) in [6, 6.07) is 16.9. The van der Waals surface area contributed by atoms with Gasteiger partial charge >= 0.3 is 0 Å². The standard InChI is InChI=1S/C12H10O2S.C2H6OS/c13-15(14,11-7-3-1-4-8-11)12-9-5-2-6-10-12;1-4(2)3/h1-10H;1-2H3. The van der Waals surface area contributed by atoms with Gasteiger partial charge in [0.2, 0.25) is 9.84 Å². The molecule has 3 nitrogen and oxygen atoms in total. The zero-order chi connectivity index (χ0) is 14.3. The van der Waals surface area contributed by atoms with Crippen LogP contribution in [-0.2, 0) is 20.6 Å². The van der Waals surface area contributed by atoms with Crippen LogP contribution >= 0.6 is 0 Å². The van der Waals surface area contributed by atoms with Gasteiger partial charge in [-0.1, -0.05) is 36.4 Å². The summed E-state index contributed by atoms with van der Waals surface area (Å²) in [5.74, 6) is 0. The summed E-state index contributed by atoms with van der Waals surface area (Å²) in [6.45, 7) is 0. The Kier molecular flexibility index (Phi) is 5.92. The van der Waals surface area contributed by atoms with E-state index in [4.69, 9.17) is 0 Å². The highest BCUT2D eigenvalue weighted by atomic mass is 32.2. The Morgan fingerprint density at radius 2 is 1.00 bits per heavy atom. The maximum atomic E-state index is 12.0. The van der Waals surface area contributed by atoms with Gasteiger partial charge in [0.25, 0.3) is 0 Å². The molecule has 5 heteroatoms. The maximum absolute atomic E-state index is 12.0. The molecule has 0 heterocycles. The summed E-state index contributed by atoms with van der Waals surface area (Å²) in [5, 5.41) is 0. The van der Waals surface area contributed by atoms with Crippen LogP contribution in [0.25, 0.3) is 0 Å². The van der Waals surface area contributed by atoms with Crippen LogP contribution in [0.5, 0.6) is 0 Å². The molecule has 0 aromatic heterocycles. The molecule has 0 aliphatic rings. The van der Waals surface area contributed by atoms with Crippen LogP contribution in [0.2, 0.25) is 0 Å². The summed E-state index contributed by atoms with van der Waals surface area (Å²) in [6.07, 6.45) is 3.28. The van der Waals surface area contributed by atoms with Gasteiger partial charge in [-0.3, -0.25) is 4.21 Å². The smallest absolute Gasteiger partial charge is 0.206 e. The molecule has 0 atom stereocenters. The van der Waals surface area contributed by atoms with Crippen molar-refractivity contribution in [2.45, 2.75) is 9.79 Å². The van der Waals surface area contributed by atoms with Crippen molar-refractivity contribution in [1.29, 1.82) is 0 Å². The first-order chi connectivity index (χ1) is 8.94. The first-order valence-electron chi connectivity index (χ1n) is 5.55. The van der Waals surface area contributed by atoms with E-state index >= 15 is 0 Å². The van der Waals surface area contributed by atoms with E-state index in [-0.39, 0.29) is 0 Å². The largest absolute Gasteiger partial charge is 0.260 e. The summed E-state index contributed by atoms with van der Waals surface area (Å²) < 4.78 is 33.6. The van der Waals surface area contributed by atoms with Gasteiger partial charge in [-0.15, -0.1) is 0 Å². The van der Waals surface area contributed by atoms with Gasteiger partial charge < -0.3 is 0 Å². The zero-order valence-corrected chi connectivity index (χ0v) is 12.4. The molecule has 0 aliphatic heterocycles. The predicted octanol–water partition coefficient (Wildman–Crippen LogP) is 2.51. The summed E-state index contributed by atoms with van der Waals surface area (Å²) in [5.41, 5.74) is 0. The molecule has 19 heavy (non-hydrogen) atoms. The molecule has 2 aromatic carbocycles. The van der Waals surface area contributed by atoms with Crippen molar-refractivity contribution in [2.75, 3.05) is 12.5 Å². The van der Waals surface area contributed by atoms with Crippen molar-refractivity contribution in [3.63, 3.8) is 0 Å². The van der Waals surface area contributed by atoms with E-state index in [0.29, 0.717) is 9.79 Å². The first-order valence-corrected chi connectivity index (χ1v) is 9.00. The van der Waals surface area contributed by atoms with Gasteiger partial charge in [-0.25, -0.2) is 8.42 Å². The lowest BCUT2D eigenvalue weighted by Gasteiger charge is -2.03. The van der Waals surface area contributed by atoms with Crippen LogP contribution < -0.4 is 0 Å². The molecule has 0 amide bonds. The molecule has 0 aliphatic carbocycles. The van der Waals surface area contributed by atoms with Crippen LogP contribution in [0.1, 0.15) is 0 Å². The van der Waals surface area contributed by atoms with Crippen molar-refractivity contribution < 1.29 is 12.6 Å². The molecular weight excluding hydrogens is 280 g/mol. The maximum Gasteiger partial charge on any atom is 0.206 e. The Hall–Kier alpha value is -1.46. The van der Waals surface area contributed by atoms with Crippen LogP contribution in [0.3, 0.4) is 0 Å². The summed E-state index contributed by atoms with van der Waals surface area (Å²) in [7, 11) is -3.95. The van der Waals surface area contributed by atoms with Crippen molar-refractivity contribution in [1.82, 2.24) is 0 Å². The number of sulfone groups is 1. The third-order valence-corrected chi connectivity index (χ3v) is 3.89. The Balaban J connectivity index is 0.000000399. The summed E-state index contributed by atoms with van der Waals surface area (Å²) in [4.78, 5) is 0.660. The van der Waals surface area contributed by atoms with E-state index in [1.807, 2.05) is 0 Å². The lowest BCUT2D eigenvalue weighted by Crippen LogP contribution is -2.00. The molecule has 102 valence electrons. The molecule has 0 saturated carbocycles. The van der Waals surface area contributed by atoms with Crippen LogP contribution in [0.4, 0.5) is 0 Å². The van der Waals surface area contributed by atoms with Gasteiger partial charge in [-0.2, -0.15) is 0 Å². The molecule has 0 bridgehead atoms. The fourth-order valence-electron chi connectivity index (χ4n) is 1.34. The number of benzene rings is 2. The van der Waals surface area contributed by atoms with Crippen LogP contribution in [-0.4, -0.2) is 25.1 Å². The lowest BCUT2D eigenvalue weighted by molar-refractivity contribution is 0.596. The van der Waals surface area contributed by atoms with E-state index < -0.39 is 20.6 Å². The molecule has 2 aromatic rings. The second-order valence-electron chi connectivity index (χ2n) is 3.87. The Morgan fingerprint density at radius 1 is 0.737 bits per heavy atom. The SMILES string of the molecule is CS(C)=O.O=S(=O)(c1ccccc1)c1ccccc1. The molecule has 0 saturated heterocycles. The van der Waals surface area contributed by atoms with Gasteiger partial charge in [0.05, 0.1) is 9.79 Å². The normalized spacial score (nSPS) is 10.7. The van der Waals surface area contributed by atoms with Crippen LogP contribution in [0.15, 0.2) is 70.5 Å². The zero-order valence-electron chi connectivity index (χ0n) is 10.8. The van der Waals surface area contributed by atoms with E-state index in [2.05, 4.69) is 0 Å². The van der Waals surface area contributed by atoms with Crippen molar-refractivity contribution >= 4 is 20.6 Å². The molecule has 0 spiro atoms. The highest BCUT2D eigenvalue weighted by Crippen LogP contribution is 2.19. The molecular formula is C14H16O3S2. The molecule has 0 radical (unpaired) electrons. The highest BCUT2D eigenvalue weighted by Gasteiger charge is 2.15. The van der Waals surface area contributed by atoms with E-state index in [9.17, 15) is 12.6 Å². The van der Waals surface area contributed by atoms with E-state index in [1.165, 1.54) is 0 Å². The van der Waals surface area contributed by atoms with Gasteiger partial charge in [0.1, 0.15) is 0 Å². The molecule has 0 N–H and O–H groups in total. The van der Waals surface area contributed by atoms with Crippen molar-refractivity contribution in [3.8, 4) is 0 Å². The minimum Gasteiger partial charge on any atom is -0.260 e. The quantitative estimate of drug-likeness (QED) is 0.855. The third kappa shape index (κ3) is 4.96. The topological polar surface area (TPSA) is 51.2 Å². The third-order valence-electron chi connectivity index (χ3n) is 2.11. The second-order valence-corrected chi connectivity index (χ2v) is 7.30. The Labute approximate surface area is 116 Å². The first kappa shape index (κ1) is 15.6. The van der Waals surface area contributed by atoms with Crippen molar-refractivity contribution in [3.05, 3.63) is 60.7 Å². The average molecular weight is 296 g/mol. The lowest BCUT2D eigenvalue weighted by atomic mass is 10.4. The van der Waals surface area contributed by atoms with E-state index in [0.717, 1.165) is 0 Å². The van der Waals surface area contributed by atoms with Gasteiger partial charge in [0, 0.05) is 23.3 Å². The number of hydrogen-bond acceptors (Lipinski definition) is 3. The fourth-order valence-corrected chi connectivity index (χ4v) is 2.64. The van der Waals surface area contributed by atoms with Crippen molar-refractivity contribution in [2.24, 2.45) is 0 Å². The predicted molar refractivity (Wildman–Crippen MR) is 78.3 cm³/mol. The second kappa shape index (κ2) is 7.21. The molecule has 0 unspecified atom stereocenters. The Bertz CT molecular complexity index is 571. The monoisotopic (exact) mass is 296 g/mol. The Morgan fingerprint density at radius 3 is 1.26 bits per heavy atom. The number of rotatable bonds is 2. The van der Waals surface area contributed by atoms with Gasteiger partial charge in [0.15, 0.2) is 0 Å². The summed E-state index contributed by atoms with van der Waals surface area (Å²) >= 11 is 0.